The largest absolute Gasteiger partial charge is 0.453 e. The third-order valence-corrected chi connectivity index (χ3v) is 11.8. The van der Waals surface area contributed by atoms with Gasteiger partial charge in [0.05, 0.1) is 43.0 Å². The van der Waals surface area contributed by atoms with Crippen LogP contribution in [0.5, 0.6) is 0 Å². The van der Waals surface area contributed by atoms with Crippen molar-refractivity contribution in [2.24, 2.45) is 28.6 Å². The van der Waals surface area contributed by atoms with Gasteiger partial charge in [0, 0.05) is 112 Å². The SMILES string of the molecule is COC(=O)NC(c1ccccc1)C(O)C(OO)C1CC2(O)C(C)C3C4(O)COC4CC(O)[C@@]3(C)C(=O)C(O)C(=C1C)C2(C)C.[Ac].[Ac]. The number of amides is 1. The number of hydrogen-bond donors (Lipinski definition) is 7. The molecule has 250 valence electrons. The van der Waals surface area contributed by atoms with E-state index >= 15 is 0 Å². The Balaban J connectivity index is 0.00000288. The molecule has 1 heterocycles. The zero-order valence-corrected chi connectivity index (χ0v) is 36.6. The van der Waals surface area contributed by atoms with Crippen molar-refractivity contribution in [2.75, 3.05) is 13.7 Å². The predicted molar refractivity (Wildman–Crippen MR) is 155 cm³/mol. The Bertz CT molecular complexity index is 1330. The average Bonchev–Trinajstić information content (AvgIpc) is 2.99. The summed E-state index contributed by atoms with van der Waals surface area (Å²) in [5.41, 5.74) is -5.09. The number of hydrogen-bond acceptors (Lipinski definition) is 11. The Morgan fingerprint density at radius 2 is 1.72 bits per heavy atom. The molecule has 11 unspecified atom stereocenters. The number of nitrogens with one attached hydrogen (secondary N) is 1. The van der Waals surface area contributed by atoms with Crippen molar-refractivity contribution in [1.29, 1.82) is 0 Å². The topological polar surface area (TPSA) is 195 Å². The Kier molecular flexibility index (Phi) is 13.0. The maximum absolute atomic E-state index is 14.3. The van der Waals surface area contributed by atoms with Crippen molar-refractivity contribution >= 4 is 11.9 Å². The summed E-state index contributed by atoms with van der Waals surface area (Å²) in [5.74, 6) is -3.53. The van der Waals surface area contributed by atoms with E-state index in [4.69, 9.17) is 14.4 Å². The summed E-state index contributed by atoms with van der Waals surface area (Å²) in [5, 5.41) is 72.5. The smallest absolute Gasteiger partial charge is 0.407 e. The van der Waals surface area contributed by atoms with Crippen LogP contribution in [-0.4, -0.2) is 98.1 Å². The molecule has 1 saturated heterocycles. The van der Waals surface area contributed by atoms with Gasteiger partial charge in [-0.2, -0.15) is 0 Å². The number of aliphatic hydroxyl groups excluding tert-OH is 3. The second-order valence-corrected chi connectivity index (χ2v) is 13.9. The summed E-state index contributed by atoms with van der Waals surface area (Å²) in [7, 11) is 1.17. The van der Waals surface area contributed by atoms with Gasteiger partial charge in [-0.3, -0.25) is 10.1 Å². The summed E-state index contributed by atoms with van der Waals surface area (Å²) < 4.78 is 10.4. The molecule has 0 aromatic heterocycles. The zero-order chi connectivity index (χ0) is 32.6. The fourth-order valence-corrected chi connectivity index (χ4v) is 9.20. The van der Waals surface area contributed by atoms with Crippen LogP contribution < -0.4 is 5.32 Å². The summed E-state index contributed by atoms with van der Waals surface area (Å²) in [6.45, 7) is 8.23. The number of aliphatic hydroxyl groups is 5. The van der Waals surface area contributed by atoms with Crippen LogP contribution in [0.1, 0.15) is 59.1 Å². The molecule has 3 fully saturated rings. The van der Waals surface area contributed by atoms with Crippen molar-refractivity contribution in [1.82, 2.24) is 5.32 Å². The normalized spacial score (nSPS) is 39.8. The molecule has 2 bridgehead atoms. The zero-order valence-electron chi connectivity index (χ0n) is 27.1. The number of Topliss-reactive ketones (excluding diaryl/α,β-unsaturated/α-hetero) is 1. The van der Waals surface area contributed by atoms with Crippen LogP contribution >= 0.6 is 0 Å². The van der Waals surface area contributed by atoms with Gasteiger partial charge < -0.3 is 40.3 Å². The fourth-order valence-electron chi connectivity index (χ4n) is 9.20. The Hall–Kier alpha value is 0.463. The number of alkyl carbamates (subject to hydrolysis) is 1. The molecule has 5 rings (SSSR count). The molecule has 1 amide bonds. The minimum atomic E-state index is -1.79. The van der Waals surface area contributed by atoms with Gasteiger partial charge in [-0.25, -0.2) is 9.68 Å². The number of fused-ring (bicyclic) bond motifs is 5. The van der Waals surface area contributed by atoms with Crippen LogP contribution in [0.25, 0.3) is 0 Å². The van der Waals surface area contributed by atoms with E-state index in [1.807, 2.05) is 0 Å². The molecule has 4 aliphatic rings. The Morgan fingerprint density at radius 1 is 1.11 bits per heavy atom. The molecular weight excluding hydrogens is 1030 g/mol. The molecule has 14 heteroatoms. The molecule has 3 aliphatic carbocycles. The average molecular weight is 1070 g/mol. The molecule has 46 heavy (non-hydrogen) atoms. The fraction of sp³-hybridized carbons (Fsp3) is 0.688. The van der Waals surface area contributed by atoms with Gasteiger partial charge in [0.15, 0.2) is 5.78 Å². The van der Waals surface area contributed by atoms with Crippen molar-refractivity contribution in [3.63, 3.8) is 0 Å². The standard InChI is InChI=1S/C32H45NO11.2Ac/c1-15-18(25(44-41)24(36)22(33-28(38)42-6)17-10-8-7-9-11-17)13-32(40)16(2)26-30(5,19(34)12-20-31(26,39)14-43-20)27(37)23(35)21(15)29(32,3)4;;/h7-11,16,18-20,22-26,34-36,39-41H,12-14H2,1-6H3,(H,33,38);;/t16?,18?,19?,20?,22?,23?,24?,25?,26?,30-,31?,32?;;/m1../s1. The van der Waals surface area contributed by atoms with Gasteiger partial charge in [0.2, 0.25) is 0 Å². The number of ether oxygens (including phenoxy) is 2. The molecule has 1 aromatic carbocycles. The molecule has 12 atom stereocenters. The van der Waals surface area contributed by atoms with Gasteiger partial charge in [-0.1, -0.05) is 56.7 Å². The van der Waals surface area contributed by atoms with Crippen LogP contribution in [0.3, 0.4) is 0 Å². The number of carbonyl (C=O) groups is 2. The molecule has 2 radical (unpaired) electrons. The van der Waals surface area contributed by atoms with Crippen LogP contribution in [-0.2, 0) is 19.2 Å². The van der Waals surface area contributed by atoms with E-state index < -0.39 is 88.2 Å². The molecule has 2 saturated carbocycles. The first kappa shape index (κ1) is 40.9. The quantitative estimate of drug-likeness (QED) is 0.124. The number of carbonyl (C=O) groups excluding carboxylic acids is 2. The summed E-state index contributed by atoms with van der Waals surface area (Å²) in [6, 6.07) is 7.39. The molecule has 1 aromatic rings. The summed E-state index contributed by atoms with van der Waals surface area (Å²) in [6.07, 6.45) is -7.82. The first-order chi connectivity index (χ1) is 20.5. The van der Waals surface area contributed by atoms with Gasteiger partial charge >= 0.3 is 6.09 Å². The maximum atomic E-state index is 14.3. The van der Waals surface area contributed by atoms with Gasteiger partial charge in [-0.15, -0.1) is 0 Å². The van der Waals surface area contributed by atoms with Crippen molar-refractivity contribution in [2.45, 2.75) is 95.2 Å². The van der Waals surface area contributed by atoms with Crippen LogP contribution in [0.15, 0.2) is 41.5 Å². The minimum absolute atomic E-state index is 0. The third kappa shape index (κ3) is 5.99. The second-order valence-electron chi connectivity index (χ2n) is 13.9. The molecule has 7 N–H and O–H groups in total. The van der Waals surface area contributed by atoms with Crippen molar-refractivity contribution < 1.29 is 143 Å². The van der Waals surface area contributed by atoms with E-state index in [1.165, 1.54) is 14.0 Å². The summed E-state index contributed by atoms with van der Waals surface area (Å²) >= 11 is 0. The van der Waals surface area contributed by atoms with Crippen LogP contribution in [0, 0.1) is 117 Å². The van der Waals surface area contributed by atoms with Gasteiger partial charge in [-0.05, 0) is 37.3 Å². The van der Waals surface area contributed by atoms with E-state index in [2.05, 4.69) is 5.32 Å². The first-order valence-corrected chi connectivity index (χ1v) is 15.1. The molecule has 12 nitrogen and oxygen atoms in total. The van der Waals surface area contributed by atoms with Crippen LogP contribution in [0.4, 0.5) is 4.79 Å². The molecule has 1 aliphatic heterocycles. The number of benzene rings is 1. The summed E-state index contributed by atoms with van der Waals surface area (Å²) in [4.78, 5) is 31.6. The molecule has 0 spiro atoms. The maximum Gasteiger partial charge on any atom is 0.407 e. The number of ketones is 1. The van der Waals surface area contributed by atoms with Crippen molar-refractivity contribution in [3.8, 4) is 0 Å². The van der Waals surface area contributed by atoms with Crippen LogP contribution in [0.2, 0.25) is 0 Å². The second kappa shape index (κ2) is 14.6. The van der Waals surface area contributed by atoms with E-state index in [-0.39, 0.29) is 113 Å². The van der Waals surface area contributed by atoms with E-state index in [0.29, 0.717) is 11.1 Å². The number of methoxy groups -OCH3 is 1. The van der Waals surface area contributed by atoms with Crippen molar-refractivity contribution in [3.05, 3.63) is 47.0 Å². The Labute approximate surface area is 340 Å². The Morgan fingerprint density at radius 3 is 2.24 bits per heavy atom. The third-order valence-electron chi connectivity index (χ3n) is 11.8. The first-order valence-electron chi connectivity index (χ1n) is 15.1. The monoisotopic (exact) mass is 1070 g/mol. The molecular formula is C32H45Ac2NO11. The van der Waals surface area contributed by atoms with Gasteiger partial charge in [0.1, 0.15) is 23.9 Å². The van der Waals surface area contributed by atoms with E-state index in [1.54, 1.807) is 58.0 Å². The number of rotatable bonds is 6. The van der Waals surface area contributed by atoms with E-state index in [9.17, 15) is 40.4 Å². The van der Waals surface area contributed by atoms with E-state index in [0.717, 1.165) is 0 Å². The predicted octanol–water partition coefficient (Wildman–Crippen LogP) is 1.49. The van der Waals surface area contributed by atoms with Gasteiger partial charge in [0.25, 0.3) is 0 Å². The minimum Gasteiger partial charge on any atom is -0.453 e.